The third kappa shape index (κ3) is 4.83. The molecule has 1 aliphatic carbocycles. The maximum absolute atomic E-state index is 13.8. The topological polar surface area (TPSA) is 72.9 Å². The van der Waals surface area contributed by atoms with Crippen LogP contribution in [0, 0.1) is 5.92 Å². The van der Waals surface area contributed by atoms with Gasteiger partial charge in [-0.15, -0.1) is 0 Å². The fourth-order valence-corrected chi connectivity index (χ4v) is 5.89. The van der Waals surface area contributed by atoms with Crippen LogP contribution in [0.25, 0.3) is 0 Å². The molecule has 6 nitrogen and oxygen atoms in total. The number of rotatable bonds is 6. The molecule has 34 heavy (non-hydrogen) atoms. The quantitative estimate of drug-likeness (QED) is 0.632. The standard InChI is InChI=1S/C28H37N3O3/c1-4-30(5-2)24-14-12-21(13-15-24)26-25-11-6-7-16-28(25,34)17-18-31(26)27(33)22-9-8-10-23(19-22)29-20(3)32/h8-10,12-15,19,25-26,34H,4-7,11,16-18H2,1-3H3,(H,29,32)/t25?,26-,28?/m0/s1. The molecule has 2 N–H and O–H groups in total. The first-order valence-electron chi connectivity index (χ1n) is 12.6. The summed E-state index contributed by atoms with van der Waals surface area (Å²) in [6, 6.07) is 15.5. The predicted octanol–water partition coefficient (Wildman–Crippen LogP) is 5.00. The lowest BCUT2D eigenvalue weighted by Gasteiger charge is -2.52. The molecule has 182 valence electrons. The maximum atomic E-state index is 13.8. The molecule has 1 aliphatic heterocycles. The van der Waals surface area contributed by atoms with Gasteiger partial charge in [-0.1, -0.05) is 31.0 Å². The molecule has 2 fully saturated rings. The summed E-state index contributed by atoms with van der Waals surface area (Å²) in [4.78, 5) is 29.6. The monoisotopic (exact) mass is 463 g/mol. The van der Waals surface area contributed by atoms with Crippen LogP contribution in [0.1, 0.15) is 74.8 Å². The van der Waals surface area contributed by atoms with Gasteiger partial charge in [-0.25, -0.2) is 0 Å². The van der Waals surface area contributed by atoms with Crippen molar-refractivity contribution in [1.29, 1.82) is 0 Å². The average Bonchev–Trinajstić information content (AvgIpc) is 2.83. The van der Waals surface area contributed by atoms with Crippen molar-refractivity contribution in [2.24, 2.45) is 5.92 Å². The molecule has 1 heterocycles. The minimum absolute atomic E-state index is 0.0109. The minimum atomic E-state index is -0.727. The van der Waals surface area contributed by atoms with Gasteiger partial charge in [0.05, 0.1) is 11.6 Å². The van der Waals surface area contributed by atoms with Crippen LogP contribution in [0.15, 0.2) is 48.5 Å². The molecule has 2 unspecified atom stereocenters. The van der Waals surface area contributed by atoms with Crippen LogP contribution in [-0.2, 0) is 4.79 Å². The van der Waals surface area contributed by atoms with E-state index in [-0.39, 0.29) is 23.8 Å². The summed E-state index contributed by atoms with van der Waals surface area (Å²) in [6.07, 6.45) is 4.41. The lowest BCUT2D eigenvalue weighted by molar-refractivity contribution is -0.115. The summed E-state index contributed by atoms with van der Waals surface area (Å²) in [5.74, 6) is -0.213. The number of hydrogen-bond donors (Lipinski definition) is 2. The molecule has 0 spiro atoms. The largest absolute Gasteiger partial charge is 0.389 e. The van der Waals surface area contributed by atoms with Gasteiger partial charge in [0.1, 0.15) is 0 Å². The van der Waals surface area contributed by atoms with E-state index < -0.39 is 5.60 Å². The lowest BCUT2D eigenvalue weighted by Crippen LogP contribution is -2.56. The van der Waals surface area contributed by atoms with Gasteiger partial charge in [-0.2, -0.15) is 0 Å². The van der Waals surface area contributed by atoms with Crippen molar-refractivity contribution in [3.05, 3.63) is 59.7 Å². The Morgan fingerprint density at radius 2 is 1.82 bits per heavy atom. The average molecular weight is 464 g/mol. The second-order valence-corrected chi connectivity index (χ2v) is 9.68. The Morgan fingerprint density at radius 3 is 2.50 bits per heavy atom. The van der Waals surface area contributed by atoms with Crippen LogP contribution in [0.4, 0.5) is 11.4 Å². The number of carbonyl (C=O) groups is 2. The van der Waals surface area contributed by atoms with Gasteiger partial charge in [0.15, 0.2) is 0 Å². The van der Waals surface area contributed by atoms with Crippen LogP contribution in [-0.4, -0.2) is 47.1 Å². The third-order valence-electron chi connectivity index (χ3n) is 7.62. The van der Waals surface area contributed by atoms with Gasteiger partial charge < -0.3 is 20.2 Å². The van der Waals surface area contributed by atoms with Crippen molar-refractivity contribution < 1.29 is 14.7 Å². The maximum Gasteiger partial charge on any atom is 0.254 e. The Labute approximate surface area is 203 Å². The first-order valence-corrected chi connectivity index (χ1v) is 12.6. The molecule has 2 aliphatic rings. The number of likely N-dealkylation sites (tertiary alicyclic amines) is 1. The molecule has 1 saturated heterocycles. The summed E-state index contributed by atoms with van der Waals surface area (Å²) < 4.78 is 0. The van der Waals surface area contributed by atoms with Gasteiger partial charge in [-0.3, -0.25) is 9.59 Å². The third-order valence-corrected chi connectivity index (χ3v) is 7.62. The smallest absolute Gasteiger partial charge is 0.254 e. The summed E-state index contributed by atoms with van der Waals surface area (Å²) >= 11 is 0. The van der Waals surface area contributed by atoms with Crippen LogP contribution < -0.4 is 10.2 Å². The number of nitrogens with zero attached hydrogens (tertiary/aromatic N) is 2. The van der Waals surface area contributed by atoms with E-state index >= 15 is 0 Å². The minimum Gasteiger partial charge on any atom is -0.389 e. The van der Waals surface area contributed by atoms with Gasteiger partial charge in [0.25, 0.3) is 5.91 Å². The molecule has 1 saturated carbocycles. The Kier molecular flexibility index (Phi) is 7.27. The fraction of sp³-hybridized carbons (Fsp3) is 0.500. The van der Waals surface area contributed by atoms with Crippen LogP contribution >= 0.6 is 0 Å². The summed E-state index contributed by atoms with van der Waals surface area (Å²) in [5, 5.41) is 14.3. The van der Waals surface area contributed by atoms with E-state index in [2.05, 4.69) is 48.3 Å². The second-order valence-electron chi connectivity index (χ2n) is 9.68. The zero-order chi connectivity index (χ0) is 24.3. The molecule has 4 rings (SSSR count). The number of hydrogen-bond acceptors (Lipinski definition) is 4. The van der Waals surface area contributed by atoms with E-state index in [0.717, 1.165) is 44.3 Å². The first kappa shape index (κ1) is 24.3. The zero-order valence-corrected chi connectivity index (χ0v) is 20.6. The van der Waals surface area contributed by atoms with Crippen molar-refractivity contribution in [1.82, 2.24) is 4.90 Å². The summed E-state index contributed by atoms with van der Waals surface area (Å²) in [6.45, 7) is 8.15. The van der Waals surface area contributed by atoms with Gasteiger partial charge in [0.2, 0.25) is 5.91 Å². The number of fused-ring (bicyclic) bond motifs is 1. The van der Waals surface area contributed by atoms with Crippen molar-refractivity contribution in [3.8, 4) is 0 Å². The highest BCUT2D eigenvalue weighted by Crippen LogP contribution is 2.49. The Morgan fingerprint density at radius 1 is 1.09 bits per heavy atom. The second kappa shape index (κ2) is 10.2. The summed E-state index contributed by atoms with van der Waals surface area (Å²) in [7, 11) is 0. The number of carbonyl (C=O) groups excluding carboxylic acids is 2. The fourth-order valence-electron chi connectivity index (χ4n) is 5.89. The molecular weight excluding hydrogens is 426 g/mol. The number of piperidine rings is 1. The van der Waals surface area contributed by atoms with E-state index in [1.807, 2.05) is 4.90 Å². The van der Waals surface area contributed by atoms with E-state index in [0.29, 0.717) is 24.2 Å². The molecule has 0 bridgehead atoms. The SMILES string of the molecule is CCN(CC)c1ccc([C@H]2C3CCCCC3(O)CCN2C(=O)c2cccc(NC(C)=O)c2)cc1. The lowest BCUT2D eigenvalue weighted by atomic mass is 9.66. The number of benzene rings is 2. The Bertz CT molecular complexity index is 1020. The molecule has 0 aromatic heterocycles. The number of amides is 2. The van der Waals surface area contributed by atoms with Gasteiger partial charge in [-0.05, 0) is 69.0 Å². The number of nitrogens with one attached hydrogen (secondary N) is 1. The zero-order valence-electron chi connectivity index (χ0n) is 20.6. The predicted molar refractivity (Wildman–Crippen MR) is 136 cm³/mol. The highest BCUT2D eigenvalue weighted by atomic mass is 16.3. The molecule has 2 aromatic carbocycles. The van der Waals surface area contributed by atoms with Crippen LogP contribution in [0.2, 0.25) is 0 Å². The van der Waals surface area contributed by atoms with E-state index in [9.17, 15) is 14.7 Å². The Hall–Kier alpha value is -2.86. The van der Waals surface area contributed by atoms with Crippen molar-refractivity contribution >= 4 is 23.2 Å². The summed E-state index contributed by atoms with van der Waals surface area (Å²) in [5.41, 5.74) is 2.69. The van der Waals surface area contributed by atoms with Crippen LogP contribution in [0.5, 0.6) is 0 Å². The van der Waals surface area contributed by atoms with Gasteiger partial charge >= 0.3 is 0 Å². The van der Waals surface area contributed by atoms with Crippen molar-refractivity contribution in [2.45, 2.75) is 64.5 Å². The first-order chi connectivity index (χ1) is 16.4. The molecule has 2 aromatic rings. The van der Waals surface area contributed by atoms with Crippen LogP contribution in [0.3, 0.4) is 0 Å². The molecule has 6 heteroatoms. The van der Waals surface area contributed by atoms with E-state index in [4.69, 9.17) is 0 Å². The van der Waals surface area contributed by atoms with E-state index in [1.54, 1.807) is 24.3 Å². The van der Waals surface area contributed by atoms with Crippen molar-refractivity contribution in [3.63, 3.8) is 0 Å². The molecule has 2 amide bonds. The van der Waals surface area contributed by atoms with E-state index in [1.165, 1.54) is 12.6 Å². The molecular formula is C28H37N3O3. The van der Waals surface area contributed by atoms with Gasteiger partial charge in [0, 0.05) is 49.4 Å². The highest BCUT2D eigenvalue weighted by molar-refractivity contribution is 5.97. The normalized spacial score (nSPS) is 24.3. The molecule has 3 atom stereocenters. The number of anilines is 2. The Balaban J connectivity index is 1.69. The molecule has 0 radical (unpaired) electrons. The van der Waals surface area contributed by atoms with Crippen molar-refractivity contribution in [2.75, 3.05) is 29.9 Å². The highest BCUT2D eigenvalue weighted by Gasteiger charge is 2.50. The number of aliphatic hydroxyl groups is 1.